The first-order chi connectivity index (χ1) is 13.3. The Hall–Kier alpha value is -3.19. The Labute approximate surface area is 162 Å². The topological polar surface area (TPSA) is 83.5 Å². The monoisotopic (exact) mass is 399 g/mol. The van der Waals surface area contributed by atoms with Crippen LogP contribution in [0, 0.1) is 5.82 Å². The van der Waals surface area contributed by atoms with Crippen LogP contribution in [0.5, 0.6) is 5.75 Å². The van der Waals surface area contributed by atoms with Crippen LogP contribution in [0.1, 0.15) is 17.3 Å². The van der Waals surface area contributed by atoms with E-state index in [0.717, 1.165) is 11.6 Å². The lowest BCUT2D eigenvalue weighted by atomic mass is 10.0. The first-order valence-corrected chi connectivity index (χ1v) is 10.2. The van der Waals surface area contributed by atoms with Crippen LogP contribution >= 0.6 is 0 Å². The Bertz CT molecular complexity index is 1130. The van der Waals surface area contributed by atoms with Gasteiger partial charge in [0.15, 0.2) is 9.84 Å². The second-order valence-electron chi connectivity index (χ2n) is 6.10. The maximum Gasteiger partial charge on any atom is 0.258 e. The zero-order chi connectivity index (χ0) is 20.3. The second-order valence-corrected chi connectivity index (χ2v) is 8.38. The number of phenolic OH excluding ortho intramolecular Hbond substituents is 1. The van der Waals surface area contributed by atoms with E-state index in [1.165, 1.54) is 31.2 Å². The Morgan fingerprint density at radius 1 is 1.00 bits per heavy atom. The summed E-state index contributed by atoms with van der Waals surface area (Å²) in [5.74, 6) is -1.96. The Balaban J connectivity index is 1.89. The van der Waals surface area contributed by atoms with Crippen molar-refractivity contribution in [2.45, 2.75) is 11.8 Å². The maximum atomic E-state index is 14.5. The van der Waals surface area contributed by atoms with E-state index in [9.17, 15) is 22.7 Å². The average Bonchev–Trinajstić information content (AvgIpc) is 2.70. The van der Waals surface area contributed by atoms with Crippen molar-refractivity contribution in [3.8, 4) is 16.9 Å². The number of hydrogen-bond acceptors (Lipinski definition) is 4. The smallest absolute Gasteiger partial charge is 0.258 e. The van der Waals surface area contributed by atoms with Gasteiger partial charge in [-0.15, -0.1) is 0 Å². The number of benzene rings is 3. The third-order valence-electron chi connectivity index (χ3n) is 4.28. The van der Waals surface area contributed by atoms with E-state index in [2.05, 4.69) is 5.32 Å². The fraction of sp³-hybridized carbons (Fsp3) is 0.0952. The molecule has 0 unspecified atom stereocenters. The van der Waals surface area contributed by atoms with Gasteiger partial charge in [-0.25, -0.2) is 12.8 Å². The molecule has 3 aromatic carbocycles. The minimum Gasteiger partial charge on any atom is -0.506 e. The molecule has 0 saturated heterocycles. The normalized spacial score (nSPS) is 11.2. The predicted molar refractivity (Wildman–Crippen MR) is 106 cm³/mol. The molecule has 0 radical (unpaired) electrons. The number of carbonyl (C=O) groups excluding carboxylic acids is 1. The molecule has 0 bridgehead atoms. The maximum absolute atomic E-state index is 14.5. The number of rotatable bonds is 5. The molecule has 144 valence electrons. The highest BCUT2D eigenvalue weighted by atomic mass is 32.2. The van der Waals surface area contributed by atoms with Gasteiger partial charge in [0.25, 0.3) is 5.91 Å². The number of halogens is 1. The largest absolute Gasteiger partial charge is 0.506 e. The number of nitrogens with one attached hydrogen (secondary N) is 1. The minimum absolute atomic E-state index is 0.0389. The SMILES string of the molecule is CCS(=O)(=O)c1ccc(O)c(NC(=O)c2ccc(-c3ccccc3)cc2F)c1. The number of phenols is 1. The summed E-state index contributed by atoms with van der Waals surface area (Å²) in [4.78, 5) is 12.4. The van der Waals surface area contributed by atoms with Crippen molar-refractivity contribution in [2.24, 2.45) is 0 Å². The molecule has 0 aliphatic rings. The molecule has 1 amide bonds. The van der Waals surface area contributed by atoms with E-state index in [1.807, 2.05) is 30.3 Å². The van der Waals surface area contributed by atoms with E-state index in [4.69, 9.17) is 0 Å². The fourth-order valence-electron chi connectivity index (χ4n) is 2.67. The van der Waals surface area contributed by atoms with E-state index >= 15 is 0 Å². The van der Waals surface area contributed by atoms with E-state index in [0.29, 0.717) is 5.56 Å². The van der Waals surface area contributed by atoms with Crippen LogP contribution in [-0.2, 0) is 9.84 Å². The first kappa shape index (κ1) is 19.6. The zero-order valence-corrected chi connectivity index (χ0v) is 15.8. The molecule has 28 heavy (non-hydrogen) atoms. The van der Waals surface area contributed by atoms with Gasteiger partial charge in [0.2, 0.25) is 0 Å². The van der Waals surface area contributed by atoms with Crippen LogP contribution in [0.3, 0.4) is 0 Å². The first-order valence-electron chi connectivity index (χ1n) is 8.54. The molecule has 0 aliphatic carbocycles. The third-order valence-corrected chi connectivity index (χ3v) is 6.01. The van der Waals surface area contributed by atoms with Gasteiger partial charge in [0.1, 0.15) is 11.6 Å². The lowest BCUT2D eigenvalue weighted by molar-refractivity contribution is 0.102. The Morgan fingerprint density at radius 3 is 2.36 bits per heavy atom. The van der Waals surface area contributed by atoms with E-state index in [-0.39, 0.29) is 27.6 Å². The summed E-state index contributed by atoms with van der Waals surface area (Å²) in [5.41, 5.74) is 1.10. The average molecular weight is 399 g/mol. The van der Waals surface area contributed by atoms with Crippen molar-refractivity contribution in [1.29, 1.82) is 0 Å². The molecule has 0 atom stereocenters. The molecule has 3 rings (SSSR count). The quantitative estimate of drug-likeness (QED) is 0.629. The highest BCUT2D eigenvalue weighted by molar-refractivity contribution is 7.91. The summed E-state index contributed by atoms with van der Waals surface area (Å²) in [5, 5.41) is 12.3. The predicted octanol–water partition coefficient (Wildman–Crippen LogP) is 4.24. The number of hydrogen-bond donors (Lipinski definition) is 2. The van der Waals surface area contributed by atoms with Gasteiger partial charge in [0.05, 0.1) is 21.9 Å². The molecule has 0 spiro atoms. The van der Waals surface area contributed by atoms with Gasteiger partial charge in [0, 0.05) is 0 Å². The van der Waals surface area contributed by atoms with Crippen LogP contribution in [0.4, 0.5) is 10.1 Å². The standard InChI is InChI=1S/C21H18FNO4S/c1-2-28(26,27)16-9-11-20(24)19(13-16)23-21(25)17-10-8-15(12-18(17)22)14-6-4-3-5-7-14/h3-13,24H,2H2,1H3,(H,23,25). The lowest BCUT2D eigenvalue weighted by Crippen LogP contribution is -2.14. The van der Waals surface area contributed by atoms with Gasteiger partial charge in [-0.3, -0.25) is 4.79 Å². The third kappa shape index (κ3) is 4.04. The number of carbonyl (C=O) groups is 1. The molecule has 0 heterocycles. The van der Waals surface area contributed by atoms with Crippen LogP contribution in [-0.4, -0.2) is 25.2 Å². The number of amides is 1. The second kappa shape index (κ2) is 7.82. The summed E-state index contributed by atoms with van der Waals surface area (Å²) in [6.07, 6.45) is 0. The van der Waals surface area contributed by atoms with Crippen LogP contribution in [0.15, 0.2) is 71.6 Å². The zero-order valence-electron chi connectivity index (χ0n) is 15.0. The molecule has 5 nitrogen and oxygen atoms in total. The van der Waals surface area contributed by atoms with Crippen LogP contribution < -0.4 is 5.32 Å². The number of anilines is 1. The van der Waals surface area contributed by atoms with Crippen LogP contribution in [0.25, 0.3) is 11.1 Å². The number of aromatic hydroxyl groups is 1. The van der Waals surface area contributed by atoms with Crippen molar-refractivity contribution in [3.63, 3.8) is 0 Å². The Morgan fingerprint density at radius 2 is 1.71 bits per heavy atom. The molecular weight excluding hydrogens is 381 g/mol. The fourth-order valence-corrected chi connectivity index (χ4v) is 3.58. The molecule has 0 aliphatic heterocycles. The summed E-state index contributed by atoms with van der Waals surface area (Å²) in [6.45, 7) is 1.49. The molecule has 2 N–H and O–H groups in total. The summed E-state index contributed by atoms with van der Waals surface area (Å²) < 4.78 is 38.5. The molecule has 0 saturated carbocycles. The molecule has 7 heteroatoms. The van der Waals surface area contributed by atoms with Crippen molar-refractivity contribution < 1.29 is 22.7 Å². The highest BCUT2D eigenvalue weighted by Crippen LogP contribution is 2.28. The Kier molecular flexibility index (Phi) is 5.46. The van der Waals surface area contributed by atoms with Gasteiger partial charge in [-0.1, -0.05) is 43.3 Å². The van der Waals surface area contributed by atoms with Gasteiger partial charge < -0.3 is 10.4 Å². The highest BCUT2D eigenvalue weighted by Gasteiger charge is 2.18. The van der Waals surface area contributed by atoms with Crippen molar-refractivity contribution >= 4 is 21.4 Å². The summed E-state index contributed by atoms with van der Waals surface area (Å²) in [7, 11) is -3.52. The molecule has 3 aromatic rings. The minimum atomic E-state index is -3.52. The van der Waals surface area contributed by atoms with Gasteiger partial charge >= 0.3 is 0 Å². The van der Waals surface area contributed by atoms with Gasteiger partial charge in [-0.05, 0) is 41.5 Å². The summed E-state index contributed by atoms with van der Waals surface area (Å²) in [6, 6.07) is 16.9. The number of sulfone groups is 1. The molecular formula is C21H18FNO4S. The van der Waals surface area contributed by atoms with Crippen molar-refractivity contribution in [3.05, 3.63) is 78.1 Å². The van der Waals surface area contributed by atoms with Crippen molar-refractivity contribution in [1.82, 2.24) is 0 Å². The summed E-state index contributed by atoms with van der Waals surface area (Å²) >= 11 is 0. The van der Waals surface area contributed by atoms with Crippen LogP contribution in [0.2, 0.25) is 0 Å². The molecule has 0 fully saturated rings. The van der Waals surface area contributed by atoms with Gasteiger partial charge in [-0.2, -0.15) is 0 Å². The van der Waals surface area contributed by atoms with E-state index in [1.54, 1.807) is 6.07 Å². The molecule has 0 aromatic heterocycles. The lowest BCUT2D eigenvalue weighted by Gasteiger charge is -2.11. The van der Waals surface area contributed by atoms with Crippen molar-refractivity contribution in [2.75, 3.05) is 11.1 Å². The van der Waals surface area contributed by atoms with E-state index < -0.39 is 21.6 Å².